The standard InChI is InChI=1S/C8H17NO2/c1-4-7(2)11-6-5-8(10)9-3/h7H,4-6H2,1-3H3,(H,9,10). The number of nitrogens with one attached hydrogen (secondary N) is 1. The molecule has 66 valence electrons. The van der Waals surface area contributed by atoms with Crippen LogP contribution in [0.1, 0.15) is 26.7 Å². The van der Waals surface area contributed by atoms with Crippen LogP contribution in [0.3, 0.4) is 0 Å². The molecule has 0 spiro atoms. The predicted octanol–water partition coefficient (Wildman–Crippen LogP) is 0.938. The topological polar surface area (TPSA) is 38.3 Å². The summed E-state index contributed by atoms with van der Waals surface area (Å²) < 4.78 is 5.30. The van der Waals surface area contributed by atoms with Crippen molar-refractivity contribution < 1.29 is 9.53 Å². The highest BCUT2D eigenvalue weighted by Gasteiger charge is 2.00. The Balaban J connectivity index is 3.20. The quantitative estimate of drug-likeness (QED) is 0.648. The van der Waals surface area contributed by atoms with Gasteiger partial charge in [-0.3, -0.25) is 4.79 Å². The molecule has 3 heteroatoms. The van der Waals surface area contributed by atoms with E-state index in [0.717, 1.165) is 6.42 Å². The summed E-state index contributed by atoms with van der Waals surface area (Å²) >= 11 is 0. The van der Waals surface area contributed by atoms with Gasteiger partial charge in [0, 0.05) is 13.5 Å². The number of ether oxygens (including phenoxy) is 1. The van der Waals surface area contributed by atoms with Crippen LogP contribution in [0.15, 0.2) is 0 Å². The first-order valence-corrected chi connectivity index (χ1v) is 4.02. The fourth-order valence-corrected chi connectivity index (χ4v) is 0.596. The van der Waals surface area contributed by atoms with E-state index in [-0.39, 0.29) is 12.0 Å². The first-order valence-electron chi connectivity index (χ1n) is 4.02. The van der Waals surface area contributed by atoms with Gasteiger partial charge < -0.3 is 10.1 Å². The molecule has 11 heavy (non-hydrogen) atoms. The van der Waals surface area contributed by atoms with Crippen LogP contribution in [0, 0.1) is 0 Å². The molecule has 0 aromatic heterocycles. The van der Waals surface area contributed by atoms with E-state index in [2.05, 4.69) is 12.2 Å². The average Bonchev–Trinajstić information content (AvgIpc) is 2.04. The Hall–Kier alpha value is -0.570. The van der Waals surface area contributed by atoms with E-state index in [4.69, 9.17) is 4.74 Å². The van der Waals surface area contributed by atoms with Gasteiger partial charge in [-0.05, 0) is 13.3 Å². The zero-order valence-electron chi connectivity index (χ0n) is 7.52. The molecule has 1 amide bonds. The molecule has 0 aliphatic rings. The van der Waals surface area contributed by atoms with Crippen LogP contribution in [0.5, 0.6) is 0 Å². The fourth-order valence-electron chi connectivity index (χ4n) is 0.596. The molecular weight excluding hydrogens is 142 g/mol. The maximum atomic E-state index is 10.7. The second-order valence-electron chi connectivity index (χ2n) is 2.51. The highest BCUT2D eigenvalue weighted by Crippen LogP contribution is 1.96. The van der Waals surface area contributed by atoms with Crippen LogP contribution in [0.25, 0.3) is 0 Å². The molecule has 0 rings (SSSR count). The lowest BCUT2D eigenvalue weighted by Gasteiger charge is -2.09. The van der Waals surface area contributed by atoms with Gasteiger partial charge in [0.25, 0.3) is 0 Å². The van der Waals surface area contributed by atoms with Crippen LogP contribution < -0.4 is 5.32 Å². The third kappa shape index (κ3) is 5.85. The van der Waals surface area contributed by atoms with E-state index in [9.17, 15) is 4.79 Å². The Morgan fingerprint density at radius 2 is 2.27 bits per heavy atom. The van der Waals surface area contributed by atoms with Gasteiger partial charge in [-0.15, -0.1) is 0 Å². The van der Waals surface area contributed by atoms with E-state index >= 15 is 0 Å². The number of hydrogen-bond acceptors (Lipinski definition) is 2. The number of carbonyl (C=O) groups is 1. The summed E-state index contributed by atoms with van der Waals surface area (Å²) in [4.78, 5) is 10.7. The van der Waals surface area contributed by atoms with Crippen molar-refractivity contribution in [2.24, 2.45) is 0 Å². The number of rotatable bonds is 5. The molecule has 1 atom stereocenters. The van der Waals surface area contributed by atoms with Crippen molar-refractivity contribution in [1.82, 2.24) is 5.32 Å². The summed E-state index contributed by atoms with van der Waals surface area (Å²) in [5.74, 6) is 0.0355. The summed E-state index contributed by atoms with van der Waals surface area (Å²) in [7, 11) is 1.63. The molecule has 0 heterocycles. The van der Waals surface area contributed by atoms with Gasteiger partial charge in [-0.25, -0.2) is 0 Å². The lowest BCUT2D eigenvalue weighted by Crippen LogP contribution is -2.20. The summed E-state index contributed by atoms with van der Waals surface area (Å²) in [5.41, 5.74) is 0. The monoisotopic (exact) mass is 159 g/mol. The fraction of sp³-hybridized carbons (Fsp3) is 0.875. The van der Waals surface area contributed by atoms with Gasteiger partial charge in [0.2, 0.25) is 5.91 Å². The Morgan fingerprint density at radius 1 is 1.64 bits per heavy atom. The number of carbonyl (C=O) groups excluding carboxylic acids is 1. The zero-order valence-corrected chi connectivity index (χ0v) is 7.52. The number of amides is 1. The second kappa shape index (κ2) is 6.16. The summed E-state index contributed by atoms with van der Waals surface area (Å²) in [5, 5.41) is 2.54. The Labute approximate surface area is 68.1 Å². The van der Waals surface area contributed by atoms with Gasteiger partial charge >= 0.3 is 0 Å². The molecule has 1 N–H and O–H groups in total. The van der Waals surface area contributed by atoms with Gasteiger partial charge in [-0.1, -0.05) is 6.92 Å². The molecule has 0 aromatic rings. The van der Waals surface area contributed by atoms with Gasteiger partial charge in [0.15, 0.2) is 0 Å². The van der Waals surface area contributed by atoms with E-state index < -0.39 is 0 Å². The first-order chi connectivity index (χ1) is 5.20. The third-order valence-electron chi connectivity index (χ3n) is 1.59. The highest BCUT2D eigenvalue weighted by atomic mass is 16.5. The van der Waals surface area contributed by atoms with Crippen molar-refractivity contribution in [2.75, 3.05) is 13.7 Å². The van der Waals surface area contributed by atoms with Crippen LogP contribution in [0.4, 0.5) is 0 Å². The third-order valence-corrected chi connectivity index (χ3v) is 1.59. The smallest absolute Gasteiger partial charge is 0.222 e. The zero-order chi connectivity index (χ0) is 8.69. The minimum absolute atomic E-state index is 0.0355. The lowest BCUT2D eigenvalue weighted by molar-refractivity contribution is -0.122. The predicted molar refractivity (Wildman–Crippen MR) is 44.4 cm³/mol. The normalized spacial score (nSPS) is 12.6. The summed E-state index contributed by atoms with van der Waals surface area (Å²) in [6.07, 6.45) is 1.72. The first kappa shape index (κ1) is 10.4. The van der Waals surface area contributed by atoms with Crippen LogP contribution in [-0.4, -0.2) is 25.7 Å². The maximum Gasteiger partial charge on any atom is 0.222 e. The van der Waals surface area contributed by atoms with Crippen LogP contribution in [-0.2, 0) is 9.53 Å². The van der Waals surface area contributed by atoms with Gasteiger partial charge in [0.05, 0.1) is 12.7 Å². The van der Waals surface area contributed by atoms with Gasteiger partial charge in [0.1, 0.15) is 0 Å². The van der Waals surface area contributed by atoms with Crippen molar-refractivity contribution >= 4 is 5.91 Å². The van der Waals surface area contributed by atoms with Crippen molar-refractivity contribution in [1.29, 1.82) is 0 Å². The molecule has 3 nitrogen and oxygen atoms in total. The Bertz CT molecular complexity index is 115. The Morgan fingerprint density at radius 3 is 2.73 bits per heavy atom. The largest absolute Gasteiger partial charge is 0.378 e. The van der Waals surface area contributed by atoms with Gasteiger partial charge in [-0.2, -0.15) is 0 Å². The molecule has 1 unspecified atom stereocenters. The highest BCUT2D eigenvalue weighted by molar-refractivity contribution is 5.75. The molecule has 0 fully saturated rings. The van der Waals surface area contributed by atoms with E-state index in [1.54, 1.807) is 7.05 Å². The minimum Gasteiger partial charge on any atom is -0.378 e. The molecular formula is C8H17NO2. The molecule has 0 aliphatic carbocycles. The molecule has 0 bridgehead atoms. The molecule has 0 saturated heterocycles. The van der Waals surface area contributed by atoms with Crippen LogP contribution in [0.2, 0.25) is 0 Å². The lowest BCUT2D eigenvalue weighted by atomic mass is 10.3. The Kier molecular flexibility index (Phi) is 5.84. The summed E-state index contributed by atoms with van der Waals surface area (Å²) in [6, 6.07) is 0. The van der Waals surface area contributed by atoms with E-state index in [0.29, 0.717) is 13.0 Å². The molecule has 0 aliphatic heterocycles. The van der Waals surface area contributed by atoms with Crippen molar-refractivity contribution in [3.8, 4) is 0 Å². The van der Waals surface area contributed by atoms with Crippen molar-refractivity contribution in [3.05, 3.63) is 0 Å². The van der Waals surface area contributed by atoms with E-state index in [1.165, 1.54) is 0 Å². The summed E-state index contributed by atoms with van der Waals surface area (Å²) in [6.45, 7) is 4.59. The SMILES string of the molecule is CCC(C)OCCC(=O)NC. The molecule has 0 radical (unpaired) electrons. The average molecular weight is 159 g/mol. The van der Waals surface area contributed by atoms with Crippen molar-refractivity contribution in [3.63, 3.8) is 0 Å². The second-order valence-corrected chi connectivity index (χ2v) is 2.51. The minimum atomic E-state index is 0.0355. The van der Waals surface area contributed by atoms with E-state index in [1.807, 2.05) is 6.92 Å². The maximum absolute atomic E-state index is 10.7. The molecule has 0 saturated carbocycles. The molecule has 0 aromatic carbocycles. The van der Waals surface area contributed by atoms with Crippen LogP contribution >= 0.6 is 0 Å². The van der Waals surface area contributed by atoms with Crippen molar-refractivity contribution in [2.45, 2.75) is 32.8 Å². The number of hydrogen-bond donors (Lipinski definition) is 1.